The predicted octanol–water partition coefficient (Wildman–Crippen LogP) is 2.30. The van der Waals surface area contributed by atoms with Gasteiger partial charge in [0.1, 0.15) is 11.9 Å². The Kier molecular flexibility index (Phi) is 7.99. The number of fused-ring (bicyclic) bond motifs is 1. The summed E-state index contributed by atoms with van der Waals surface area (Å²) < 4.78 is 6.02. The van der Waals surface area contributed by atoms with Crippen LogP contribution >= 0.6 is 0 Å². The second-order valence-corrected chi connectivity index (χ2v) is 9.13. The molecule has 0 bridgehead atoms. The first-order valence-corrected chi connectivity index (χ1v) is 11.9. The Morgan fingerprint density at radius 3 is 2.57 bits per heavy atom. The van der Waals surface area contributed by atoms with Crippen molar-refractivity contribution in [3.8, 4) is 5.75 Å². The van der Waals surface area contributed by atoms with Crippen molar-refractivity contribution in [2.75, 3.05) is 45.2 Å². The third kappa shape index (κ3) is 6.58. The molecule has 2 heterocycles. The van der Waals surface area contributed by atoms with Crippen LogP contribution in [0.25, 0.3) is 0 Å². The molecule has 0 spiro atoms. The number of carbonyl (C=O) groups excluding carboxylic acids is 1. The number of amides is 1. The van der Waals surface area contributed by atoms with Crippen LogP contribution in [0.3, 0.4) is 0 Å². The van der Waals surface area contributed by atoms with Gasteiger partial charge in [0.25, 0.3) is 5.91 Å². The lowest BCUT2D eigenvalue weighted by molar-refractivity contribution is -0.139. The first-order chi connectivity index (χ1) is 16.9. The van der Waals surface area contributed by atoms with E-state index in [9.17, 15) is 19.8 Å². The number of carbonyl (C=O) groups is 2. The van der Waals surface area contributed by atoms with Gasteiger partial charge in [-0.25, -0.2) is 0 Å². The molecule has 2 unspecified atom stereocenters. The molecule has 2 atom stereocenters. The third-order valence-electron chi connectivity index (χ3n) is 6.48. The van der Waals surface area contributed by atoms with Gasteiger partial charge in [-0.1, -0.05) is 18.2 Å². The molecular formula is C26H32N4O5. The number of aliphatic hydroxyl groups is 1. The second-order valence-electron chi connectivity index (χ2n) is 9.13. The van der Waals surface area contributed by atoms with Gasteiger partial charge in [0.2, 0.25) is 0 Å². The average Bonchev–Trinajstić information content (AvgIpc) is 2.84. The minimum atomic E-state index is -0.884. The topological polar surface area (TPSA) is 115 Å². The molecule has 9 nitrogen and oxygen atoms in total. The first kappa shape index (κ1) is 24.7. The Labute approximate surface area is 205 Å². The van der Waals surface area contributed by atoms with Crippen LogP contribution in [0, 0.1) is 5.92 Å². The third-order valence-corrected chi connectivity index (χ3v) is 6.48. The highest BCUT2D eigenvalue weighted by atomic mass is 16.5. The van der Waals surface area contributed by atoms with Gasteiger partial charge < -0.3 is 25.2 Å². The Balaban J connectivity index is 1.38. The number of hydrogen-bond acceptors (Lipinski definition) is 7. The number of benzene rings is 2. The molecule has 9 heteroatoms. The van der Waals surface area contributed by atoms with E-state index in [0.717, 1.165) is 37.3 Å². The lowest BCUT2D eigenvalue weighted by Crippen LogP contribution is -2.41. The summed E-state index contributed by atoms with van der Waals surface area (Å²) in [6.45, 7) is 3.71. The molecule has 35 heavy (non-hydrogen) atoms. The largest absolute Gasteiger partial charge is 0.490 e. The van der Waals surface area contributed by atoms with Gasteiger partial charge in [0.15, 0.2) is 0 Å². The number of nitrogens with zero attached hydrogens (tertiary/aromatic N) is 3. The second kappa shape index (κ2) is 11.3. The van der Waals surface area contributed by atoms with Gasteiger partial charge in [-0.3, -0.25) is 14.6 Å². The van der Waals surface area contributed by atoms with Crippen molar-refractivity contribution < 1.29 is 24.5 Å². The summed E-state index contributed by atoms with van der Waals surface area (Å²) in [6, 6.07) is 12.7. The van der Waals surface area contributed by atoms with Crippen LogP contribution in [0.5, 0.6) is 5.75 Å². The fraction of sp³-hybridized carbons (Fsp3) is 0.423. The Hall–Kier alpha value is -3.43. The number of likely N-dealkylation sites (N-methyl/N-ethyl adjacent to an activating group) is 1. The molecular weight excluding hydrogens is 448 g/mol. The van der Waals surface area contributed by atoms with E-state index < -0.39 is 5.97 Å². The number of piperazine rings is 1. The molecule has 1 amide bonds. The van der Waals surface area contributed by atoms with Gasteiger partial charge in [-0.05, 0) is 42.8 Å². The molecule has 0 aromatic heterocycles. The Morgan fingerprint density at radius 2 is 1.89 bits per heavy atom. The van der Waals surface area contributed by atoms with E-state index in [4.69, 9.17) is 4.74 Å². The fourth-order valence-corrected chi connectivity index (χ4v) is 4.42. The number of hydrogen-bond donors (Lipinski definition) is 3. The van der Waals surface area contributed by atoms with Crippen LogP contribution in [0.4, 0.5) is 5.69 Å². The van der Waals surface area contributed by atoms with Crippen molar-refractivity contribution >= 4 is 23.8 Å². The monoisotopic (exact) mass is 480 g/mol. The van der Waals surface area contributed by atoms with Crippen LogP contribution in [0.15, 0.2) is 47.6 Å². The van der Waals surface area contributed by atoms with Crippen molar-refractivity contribution in [2.45, 2.75) is 25.4 Å². The number of hydrazone groups is 1. The van der Waals surface area contributed by atoms with E-state index in [0.29, 0.717) is 29.8 Å². The van der Waals surface area contributed by atoms with E-state index in [-0.39, 0.29) is 31.0 Å². The van der Waals surface area contributed by atoms with Crippen LogP contribution in [0.1, 0.15) is 34.3 Å². The molecule has 186 valence electrons. The number of anilines is 1. The van der Waals surface area contributed by atoms with Crippen molar-refractivity contribution in [1.82, 2.24) is 9.91 Å². The number of aliphatic hydroxyl groups excluding tert-OH is 1. The average molecular weight is 481 g/mol. The van der Waals surface area contributed by atoms with Crippen LogP contribution in [-0.2, 0) is 11.2 Å². The van der Waals surface area contributed by atoms with Crippen molar-refractivity contribution in [2.24, 2.45) is 11.0 Å². The maximum atomic E-state index is 12.8. The summed E-state index contributed by atoms with van der Waals surface area (Å²) >= 11 is 0. The van der Waals surface area contributed by atoms with Crippen molar-refractivity contribution in [3.05, 3.63) is 59.2 Å². The molecule has 1 saturated heterocycles. The molecule has 2 aromatic rings. The van der Waals surface area contributed by atoms with Gasteiger partial charge >= 0.3 is 5.97 Å². The SMILES string of the molecule is CN1CCN(N=Cc2ccc(C(=O)Nc3ccc4c(c3)OC(CCO)C(CC(=O)O)C4)cc2)CC1. The zero-order valence-electron chi connectivity index (χ0n) is 19.9. The quantitative estimate of drug-likeness (QED) is 0.497. The number of rotatable bonds is 8. The molecule has 0 saturated carbocycles. The summed E-state index contributed by atoms with van der Waals surface area (Å²) in [5.74, 6) is -0.714. The van der Waals surface area contributed by atoms with Crippen molar-refractivity contribution in [3.63, 3.8) is 0 Å². The summed E-state index contributed by atoms with van der Waals surface area (Å²) in [6.07, 6.45) is 2.33. The van der Waals surface area contributed by atoms with Crippen LogP contribution in [-0.4, -0.2) is 84.2 Å². The van der Waals surface area contributed by atoms with Gasteiger partial charge in [0, 0.05) is 62.4 Å². The first-order valence-electron chi connectivity index (χ1n) is 11.9. The maximum absolute atomic E-state index is 12.8. The molecule has 4 rings (SSSR count). The van der Waals surface area contributed by atoms with E-state index >= 15 is 0 Å². The Morgan fingerprint density at radius 1 is 1.14 bits per heavy atom. The summed E-state index contributed by atoms with van der Waals surface area (Å²) in [5, 5.41) is 28.0. The van der Waals surface area contributed by atoms with Crippen LogP contribution < -0.4 is 10.1 Å². The maximum Gasteiger partial charge on any atom is 0.303 e. The number of carboxylic acids is 1. The zero-order chi connectivity index (χ0) is 24.8. The van der Waals surface area contributed by atoms with Gasteiger partial charge in [-0.2, -0.15) is 5.10 Å². The highest BCUT2D eigenvalue weighted by molar-refractivity contribution is 6.04. The van der Waals surface area contributed by atoms with Crippen molar-refractivity contribution in [1.29, 1.82) is 0 Å². The highest BCUT2D eigenvalue weighted by Gasteiger charge is 2.31. The smallest absolute Gasteiger partial charge is 0.303 e. The molecule has 2 aliphatic rings. The molecule has 3 N–H and O–H groups in total. The predicted molar refractivity (Wildman–Crippen MR) is 133 cm³/mol. The highest BCUT2D eigenvalue weighted by Crippen LogP contribution is 2.35. The van der Waals surface area contributed by atoms with E-state index in [1.54, 1.807) is 24.3 Å². The molecule has 2 aromatic carbocycles. The number of ether oxygens (including phenoxy) is 1. The minimum Gasteiger partial charge on any atom is -0.490 e. The summed E-state index contributed by atoms with van der Waals surface area (Å²) in [4.78, 5) is 26.3. The van der Waals surface area contributed by atoms with E-state index in [1.807, 2.05) is 29.4 Å². The minimum absolute atomic E-state index is 0.0152. The van der Waals surface area contributed by atoms with Gasteiger partial charge in [-0.15, -0.1) is 0 Å². The Bertz CT molecular complexity index is 1060. The molecule has 2 aliphatic heterocycles. The van der Waals surface area contributed by atoms with Gasteiger partial charge in [0.05, 0.1) is 12.6 Å². The lowest BCUT2D eigenvalue weighted by atomic mass is 9.86. The lowest BCUT2D eigenvalue weighted by Gasteiger charge is -2.33. The van der Waals surface area contributed by atoms with E-state index in [1.165, 1.54) is 0 Å². The number of nitrogens with one attached hydrogen (secondary N) is 1. The summed E-state index contributed by atoms with van der Waals surface area (Å²) in [5.41, 5.74) is 2.94. The summed E-state index contributed by atoms with van der Waals surface area (Å²) in [7, 11) is 2.10. The molecule has 0 radical (unpaired) electrons. The van der Waals surface area contributed by atoms with E-state index in [2.05, 4.69) is 22.4 Å². The standard InChI is InChI=1S/C26H32N4O5/c1-29-9-11-30(12-10-29)27-17-18-2-4-19(5-3-18)26(34)28-22-7-6-20-14-21(15-25(32)33)23(8-13-31)35-24(20)16-22/h2-7,16-17,21,23,31H,8-15H2,1H3,(H,28,34)(H,32,33). The normalized spacial score (nSPS) is 20.3. The van der Waals surface area contributed by atoms with Crippen LogP contribution in [0.2, 0.25) is 0 Å². The zero-order valence-corrected chi connectivity index (χ0v) is 19.9. The molecule has 0 aliphatic carbocycles. The fourth-order valence-electron chi connectivity index (χ4n) is 4.42. The number of aliphatic carboxylic acids is 1. The number of carboxylic acid groups (broad SMARTS) is 1. The molecule has 1 fully saturated rings.